The molecule has 2 amide bonds. The topological polar surface area (TPSA) is 88.2 Å². The number of aromatic nitrogens is 1. The summed E-state index contributed by atoms with van der Waals surface area (Å²) < 4.78 is 0. The maximum Gasteiger partial charge on any atom is 0.226 e. The van der Waals surface area contributed by atoms with Crippen LogP contribution in [0.1, 0.15) is 58.4 Å². The van der Waals surface area contributed by atoms with Crippen molar-refractivity contribution in [2.24, 2.45) is 0 Å². The van der Waals surface area contributed by atoms with E-state index in [9.17, 15) is 14.4 Å². The fourth-order valence-electron chi connectivity index (χ4n) is 3.25. The smallest absolute Gasteiger partial charge is 0.226 e. The van der Waals surface area contributed by atoms with Crippen molar-refractivity contribution in [3.63, 3.8) is 0 Å². The van der Waals surface area contributed by atoms with Gasteiger partial charge in [-0.2, -0.15) is 0 Å². The van der Waals surface area contributed by atoms with Gasteiger partial charge in [0.2, 0.25) is 11.8 Å². The van der Waals surface area contributed by atoms with E-state index in [0.29, 0.717) is 10.7 Å². The number of anilines is 1. The third kappa shape index (κ3) is 6.08. The molecule has 0 saturated carbocycles. The second kappa shape index (κ2) is 9.98. The van der Waals surface area contributed by atoms with Crippen molar-refractivity contribution in [1.82, 2.24) is 10.3 Å². The van der Waals surface area contributed by atoms with Crippen LogP contribution in [0.25, 0.3) is 11.3 Å². The van der Waals surface area contributed by atoms with E-state index in [-0.39, 0.29) is 36.5 Å². The fraction of sp³-hybridized carbons (Fsp3) is 0.304. The molecular weight excluding hydrogens is 430 g/mol. The van der Waals surface area contributed by atoms with Gasteiger partial charge in [-0.1, -0.05) is 24.3 Å². The standard InChI is InChI=1S/C23H25N3O3S2/c1-13-11-19(15(3)31-13)21(28)9-10-22(29)26-23-25-20(12-30-23)18-7-5-17(6-8-18)14(2)24-16(4)27/h5-8,11-12,14H,9-10H2,1-4H3,(H,24,27)(H,25,26,29). The molecule has 1 aromatic carbocycles. The van der Waals surface area contributed by atoms with Crippen LogP contribution in [0.5, 0.6) is 0 Å². The van der Waals surface area contributed by atoms with Crippen molar-refractivity contribution >= 4 is 45.4 Å². The Kier molecular flexibility index (Phi) is 7.35. The van der Waals surface area contributed by atoms with Gasteiger partial charge in [0.05, 0.1) is 11.7 Å². The molecule has 2 N–H and O–H groups in total. The highest BCUT2D eigenvalue weighted by molar-refractivity contribution is 7.14. The van der Waals surface area contributed by atoms with Gasteiger partial charge in [-0.05, 0) is 32.4 Å². The summed E-state index contributed by atoms with van der Waals surface area (Å²) >= 11 is 2.94. The van der Waals surface area contributed by atoms with Gasteiger partial charge in [0.25, 0.3) is 0 Å². The van der Waals surface area contributed by atoms with Gasteiger partial charge in [-0.15, -0.1) is 22.7 Å². The number of thiophene rings is 1. The Hall–Kier alpha value is -2.84. The molecule has 31 heavy (non-hydrogen) atoms. The number of hydrogen-bond donors (Lipinski definition) is 2. The number of Topliss-reactive ketones (excluding diaryl/α,β-unsaturated/α-hetero) is 1. The van der Waals surface area contributed by atoms with Gasteiger partial charge in [-0.25, -0.2) is 4.98 Å². The molecule has 1 atom stereocenters. The molecule has 0 bridgehead atoms. The first kappa shape index (κ1) is 22.8. The lowest BCUT2D eigenvalue weighted by atomic mass is 10.1. The SMILES string of the molecule is CC(=O)NC(C)c1ccc(-c2csc(NC(=O)CCC(=O)c3cc(C)sc3C)n2)cc1. The van der Waals surface area contributed by atoms with Crippen molar-refractivity contribution in [2.45, 2.75) is 46.6 Å². The number of aryl methyl sites for hydroxylation is 2. The molecule has 0 saturated heterocycles. The Morgan fingerprint density at radius 3 is 2.42 bits per heavy atom. The minimum Gasteiger partial charge on any atom is -0.350 e. The molecule has 8 heteroatoms. The van der Waals surface area contributed by atoms with Crippen molar-refractivity contribution in [2.75, 3.05) is 5.32 Å². The number of hydrogen-bond acceptors (Lipinski definition) is 6. The monoisotopic (exact) mass is 455 g/mol. The molecule has 6 nitrogen and oxygen atoms in total. The molecule has 3 aromatic rings. The first-order chi connectivity index (χ1) is 14.7. The molecule has 162 valence electrons. The Balaban J connectivity index is 1.55. The summed E-state index contributed by atoms with van der Waals surface area (Å²) in [6.45, 7) is 7.32. The zero-order valence-electron chi connectivity index (χ0n) is 17.9. The zero-order chi connectivity index (χ0) is 22.5. The maximum absolute atomic E-state index is 12.3. The predicted molar refractivity (Wildman–Crippen MR) is 126 cm³/mol. The minimum absolute atomic E-state index is 0.00888. The van der Waals surface area contributed by atoms with E-state index in [1.165, 1.54) is 18.3 Å². The van der Waals surface area contributed by atoms with Gasteiger partial charge < -0.3 is 10.6 Å². The average molecular weight is 456 g/mol. The maximum atomic E-state index is 12.3. The zero-order valence-corrected chi connectivity index (χ0v) is 19.6. The molecule has 0 radical (unpaired) electrons. The second-order valence-corrected chi connectivity index (χ2v) is 9.70. The van der Waals surface area contributed by atoms with Crippen LogP contribution in [0.4, 0.5) is 5.13 Å². The number of carbonyl (C=O) groups is 3. The summed E-state index contributed by atoms with van der Waals surface area (Å²) in [6.07, 6.45) is 0.298. The van der Waals surface area contributed by atoms with Crippen LogP contribution in [-0.2, 0) is 9.59 Å². The lowest BCUT2D eigenvalue weighted by Gasteiger charge is -2.13. The number of rotatable bonds is 8. The van der Waals surface area contributed by atoms with E-state index >= 15 is 0 Å². The summed E-state index contributed by atoms with van der Waals surface area (Å²) in [4.78, 5) is 42.4. The minimum atomic E-state index is -0.224. The predicted octanol–water partition coefficient (Wildman–Crippen LogP) is 5.29. The summed E-state index contributed by atoms with van der Waals surface area (Å²) in [5.74, 6) is -0.303. The van der Waals surface area contributed by atoms with E-state index in [0.717, 1.165) is 26.6 Å². The highest BCUT2D eigenvalue weighted by Crippen LogP contribution is 2.27. The Bertz CT molecular complexity index is 1100. The van der Waals surface area contributed by atoms with Gasteiger partial charge in [-0.3, -0.25) is 14.4 Å². The van der Waals surface area contributed by atoms with Gasteiger partial charge in [0.15, 0.2) is 10.9 Å². The number of amides is 2. The normalized spacial score (nSPS) is 11.7. The Morgan fingerprint density at radius 1 is 1.10 bits per heavy atom. The Labute approximate surface area is 189 Å². The molecule has 0 aliphatic rings. The van der Waals surface area contributed by atoms with Crippen LogP contribution in [-0.4, -0.2) is 22.6 Å². The van der Waals surface area contributed by atoms with Gasteiger partial charge >= 0.3 is 0 Å². The van der Waals surface area contributed by atoms with Crippen LogP contribution in [0.2, 0.25) is 0 Å². The number of ketones is 1. The van der Waals surface area contributed by atoms with E-state index < -0.39 is 0 Å². The number of carbonyl (C=O) groups excluding carboxylic acids is 3. The highest BCUT2D eigenvalue weighted by atomic mass is 32.1. The van der Waals surface area contributed by atoms with Gasteiger partial charge in [0, 0.05) is 46.0 Å². The van der Waals surface area contributed by atoms with Crippen molar-refractivity contribution < 1.29 is 14.4 Å². The van der Waals surface area contributed by atoms with Crippen LogP contribution in [0, 0.1) is 13.8 Å². The molecule has 2 aromatic heterocycles. The number of benzene rings is 1. The third-order valence-corrected chi connectivity index (χ3v) is 6.52. The van der Waals surface area contributed by atoms with Crippen LogP contribution in [0.15, 0.2) is 35.7 Å². The molecule has 2 heterocycles. The van der Waals surface area contributed by atoms with Crippen molar-refractivity contribution in [3.8, 4) is 11.3 Å². The number of nitrogens with zero attached hydrogens (tertiary/aromatic N) is 1. The highest BCUT2D eigenvalue weighted by Gasteiger charge is 2.15. The van der Waals surface area contributed by atoms with E-state index in [1.54, 1.807) is 11.3 Å². The first-order valence-electron chi connectivity index (χ1n) is 9.96. The molecule has 0 aliphatic heterocycles. The van der Waals surface area contributed by atoms with Crippen molar-refractivity contribution in [1.29, 1.82) is 0 Å². The Morgan fingerprint density at radius 2 is 1.81 bits per heavy atom. The summed E-state index contributed by atoms with van der Waals surface area (Å²) in [6, 6.07) is 9.60. The third-order valence-electron chi connectivity index (χ3n) is 4.80. The summed E-state index contributed by atoms with van der Waals surface area (Å²) in [7, 11) is 0. The van der Waals surface area contributed by atoms with E-state index in [2.05, 4.69) is 15.6 Å². The quantitative estimate of drug-likeness (QED) is 0.452. The van der Waals surface area contributed by atoms with E-state index in [4.69, 9.17) is 0 Å². The molecule has 0 spiro atoms. The first-order valence-corrected chi connectivity index (χ1v) is 11.7. The molecule has 1 unspecified atom stereocenters. The molecular formula is C23H25N3O3S2. The molecule has 0 aliphatic carbocycles. The lowest BCUT2D eigenvalue weighted by molar-refractivity contribution is -0.119. The van der Waals surface area contributed by atoms with Gasteiger partial charge in [0.1, 0.15) is 0 Å². The fourth-order valence-corrected chi connectivity index (χ4v) is 4.92. The lowest BCUT2D eigenvalue weighted by Crippen LogP contribution is -2.23. The second-order valence-electron chi connectivity index (χ2n) is 7.38. The van der Waals surface area contributed by atoms with E-state index in [1.807, 2.05) is 56.5 Å². The number of thiazole rings is 1. The summed E-state index contributed by atoms with van der Waals surface area (Å²) in [5.41, 5.74) is 3.40. The molecule has 0 fully saturated rings. The van der Waals surface area contributed by atoms with Crippen LogP contribution >= 0.6 is 22.7 Å². The average Bonchev–Trinajstić information content (AvgIpc) is 3.31. The largest absolute Gasteiger partial charge is 0.350 e. The van der Waals surface area contributed by atoms with Crippen molar-refractivity contribution in [3.05, 3.63) is 56.6 Å². The van der Waals surface area contributed by atoms with Crippen LogP contribution < -0.4 is 10.6 Å². The molecule has 3 rings (SSSR count). The number of nitrogens with one attached hydrogen (secondary N) is 2. The summed E-state index contributed by atoms with van der Waals surface area (Å²) in [5, 5.41) is 8.02. The van der Waals surface area contributed by atoms with Crippen LogP contribution in [0.3, 0.4) is 0 Å².